The summed E-state index contributed by atoms with van der Waals surface area (Å²) in [5, 5.41) is 0. The fraction of sp³-hybridized carbons (Fsp3) is 0.125. The summed E-state index contributed by atoms with van der Waals surface area (Å²) in [7, 11) is 8.25. The van der Waals surface area contributed by atoms with E-state index in [2.05, 4.69) is 159 Å². The molecule has 35 heavy (non-hydrogen) atoms. The van der Waals surface area contributed by atoms with Crippen LogP contribution < -0.4 is 18.7 Å². The van der Waals surface area contributed by atoms with E-state index in [1.165, 1.54) is 42.6 Å². The van der Waals surface area contributed by atoms with Gasteiger partial charge < -0.3 is 0 Å². The minimum atomic E-state index is 0.300. The molecule has 2 nitrogen and oxygen atoms in total. The van der Waals surface area contributed by atoms with Crippen LogP contribution in [0.2, 0.25) is 0 Å². The Morgan fingerprint density at radius 3 is 0.914 bits per heavy atom. The van der Waals surface area contributed by atoms with Gasteiger partial charge in [0, 0.05) is 0 Å². The second-order valence-corrected chi connectivity index (χ2v) is 11.3. The van der Waals surface area contributed by atoms with E-state index >= 15 is 0 Å². The molecule has 0 heterocycles. The van der Waals surface area contributed by atoms with E-state index in [0.29, 0.717) is 15.0 Å². The van der Waals surface area contributed by atoms with Gasteiger partial charge in [0.25, 0.3) is 0 Å². The zero-order valence-corrected chi connectivity index (χ0v) is 22.6. The van der Waals surface area contributed by atoms with Crippen molar-refractivity contribution in [2.45, 2.75) is 0 Å². The standard InChI is InChI=1S/C32H32N2Se/c1-33(2)29-17-9-25(10-18-29)5-7-27-13-21-31(22-14-27)35-32-23-15-28(16-24-32)8-6-26-11-19-30(20-12-26)34(3)4/h5-24H,1-4H3/b7-5+,8-6+. The number of rotatable bonds is 8. The third-order valence-electron chi connectivity index (χ3n) is 5.75. The molecule has 0 radical (unpaired) electrons. The molecule has 176 valence electrons. The predicted octanol–water partition coefficient (Wildman–Crippen LogP) is 5.81. The Morgan fingerprint density at radius 1 is 0.400 bits per heavy atom. The van der Waals surface area contributed by atoms with Gasteiger partial charge in [-0.05, 0) is 0 Å². The van der Waals surface area contributed by atoms with E-state index in [-0.39, 0.29) is 0 Å². The van der Waals surface area contributed by atoms with Crippen LogP contribution in [0.5, 0.6) is 0 Å². The second kappa shape index (κ2) is 11.7. The molecular weight excluding hydrogens is 491 g/mol. The van der Waals surface area contributed by atoms with Crippen molar-refractivity contribution in [3.05, 3.63) is 119 Å². The molecule has 3 heteroatoms. The molecule has 0 amide bonds. The van der Waals surface area contributed by atoms with Gasteiger partial charge in [-0.2, -0.15) is 0 Å². The Kier molecular flexibility index (Phi) is 8.26. The van der Waals surface area contributed by atoms with Crippen LogP contribution in [0.4, 0.5) is 11.4 Å². The van der Waals surface area contributed by atoms with Crippen molar-refractivity contribution < 1.29 is 0 Å². The van der Waals surface area contributed by atoms with Crippen molar-refractivity contribution in [1.29, 1.82) is 0 Å². The fourth-order valence-electron chi connectivity index (χ4n) is 3.58. The van der Waals surface area contributed by atoms with Gasteiger partial charge in [0.15, 0.2) is 0 Å². The van der Waals surface area contributed by atoms with Gasteiger partial charge in [-0.25, -0.2) is 0 Å². The number of hydrogen-bond acceptors (Lipinski definition) is 2. The van der Waals surface area contributed by atoms with Crippen LogP contribution in [0, 0.1) is 0 Å². The van der Waals surface area contributed by atoms with Crippen molar-refractivity contribution in [1.82, 2.24) is 0 Å². The van der Waals surface area contributed by atoms with Crippen molar-refractivity contribution in [3.63, 3.8) is 0 Å². The summed E-state index contributed by atoms with van der Waals surface area (Å²) in [6.45, 7) is 0. The van der Waals surface area contributed by atoms with Gasteiger partial charge in [0.1, 0.15) is 0 Å². The minimum absolute atomic E-state index is 0.300. The molecule has 0 aliphatic rings. The molecule has 0 aliphatic carbocycles. The molecule has 4 aromatic carbocycles. The van der Waals surface area contributed by atoms with Gasteiger partial charge in [-0.1, -0.05) is 0 Å². The second-order valence-electron chi connectivity index (χ2n) is 8.88. The summed E-state index contributed by atoms with van der Waals surface area (Å²) < 4.78 is 2.77. The van der Waals surface area contributed by atoms with Crippen LogP contribution in [0.25, 0.3) is 24.3 Å². The zero-order chi connectivity index (χ0) is 24.6. The predicted molar refractivity (Wildman–Crippen MR) is 157 cm³/mol. The molecule has 0 spiro atoms. The van der Waals surface area contributed by atoms with Crippen LogP contribution in [0.1, 0.15) is 22.3 Å². The normalized spacial score (nSPS) is 11.3. The first kappa shape index (κ1) is 24.6. The maximum absolute atomic E-state index is 2.25. The summed E-state index contributed by atoms with van der Waals surface area (Å²) in [4.78, 5) is 4.23. The summed E-state index contributed by atoms with van der Waals surface area (Å²) in [5.74, 6) is 0. The van der Waals surface area contributed by atoms with Crippen molar-refractivity contribution >= 4 is 59.6 Å². The van der Waals surface area contributed by atoms with Crippen molar-refractivity contribution in [2.24, 2.45) is 0 Å². The molecule has 0 N–H and O–H groups in total. The van der Waals surface area contributed by atoms with Gasteiger partial charge in [0.05, 0.1) is 0 Å². The third kappa shape index (κ3) is 7.23. The molecule has 0 fully saturated rings. The number of nitrogens with zero attached hydrogens (tertiary/aromatic N) is 2. The average molecular weight is 524 g/mol. The molecule has 0 bridgehead atoms. The first-order valence-electron chi connectivity index (χ1n) is 11.8. The molecule has 0 aliphatic heterocycles. The van der Waals surface area contributed by atoms with Crippen LogP contribution in [0.3, 0.4) is 0 Å². The van der Waals surface area contributed by atoms with Gasteiger partial charge in [-0.3, -0.25) is 0 Å². The van der Waals surface area contributed by atoms with E-state index < -0.39 is 0 Å². The van der Waals surface area contributed by atoms with E-state index in [9.17, 15) is 0 Å². The molecule has 4 rings (SSSR count). The van der Waals surface area contributed by atoms with Gasteiger partial charge in [-0.15, -0.1) is 0 Å². The monoisotopic (exact) mass is 524 g/mol. The van der Waals surface area contributed by atoms with Crippen LogP contribution in [-0.2, 0) is 0 Å². The van der Waals surface area contributed by atoms with Crippen LogP contribution >= 0.6 is 0 Å². The quantitative estimate of drug-likeness (QED) is 0.212. The molecule has 0 saturated heterocycles. The summed E-state index contributed by atoms with van der Waals surface area (Å²) >= 11 is 0.300. The first-order valence-corrected chi connectivity index (χ1v) is 13.5. The van der Waals surface area contributed by atoms with Crippen molar-refractivity contribution in [3.8, 4) is 0 Å². The average Bonchev–Trinajstić information content (AvgIpc) is 2.88. The zero-order valence-electron chi connectivity index (χ0n) is 20.8. The van der Waals surface area contributed by atoms with E-state index in [1.807, 2.05) is 0 Å². The van der Waals surface area contributed by atoms with E-state index in [0.717, 1.165) is 0 Å². The summed E-state index contributed by atoms with van der Waals surface area (Å²) in [6, 6.07) is 35.0. The Balaban J connectivity index is 1.33. The SMILES string of the molecule is CN(C)c1ccc(/C=C/c2ccc([Se]c3ccc(/C=C/c4ccc(N(C)C)cc4)cc3)cc2)cc1. The maximum atomic E-state index is 2.25. The number of hydrogen-bond donors (Lipinski definition) is 0. The molecule has 0 saturated carbocycles. The molecule has 0 aromatic heterocycles. The topological polar surface area (TPSA) is 6.48 Å². The first-order chi connectivity index (χ1) is 17.0. The van der Waals surface area contributed by atoms with E-state index in [1.54, 1.807) is 0 Å². The van der Waals surface area contributed by atoms with Crippen LogP contribution in [-0.4, -0.2) is 43.1 Å². The van der Waals surface area contributed by atoms with Gasteiger partial charge >= 0.3 is 217 Å². The Labute approximate surface area is 216 Å². The van der Waals surface area contributed by atoms with E-state index in [4.69, 9.17) is 0 Å². The Bertz CT molecular complexity index is 1160. The Morgan fingerprint density at radius 2 is 0.657 bits per heavy atom. The Hall–Kier alpha value is -3.52. The third-order valence-corrected chi connectivity index (χ3v) is 7.88. The molecule has 4 aromatic rings. The van der Waals surface area contributed by atoms with Crippen LogP contribution in [0.15, 0.2) is 97.1 Å². The van der Waals surface area contributed by atoms with Crippen molar-refractivity contribution in [2.75, 3.05) is 38.0 Å². The molecular formula is C32H32N2Se. The summed E-state index contributed by atoms with van der Waals surface area (Å²) in [6.07, 6.45) is 8.69. The van der Waals surface area contributed by atoms with Gasteiger partial charge in [0.2, 0.25) is 0 Å². The molecule has 0 atom stereocenters. The molecule has 0 unspecified atom stereocenters. The number of anilines is 2. The summed E-state index contributed by atoms with van der Waals surface area (Å²) in [5.41, 5.74) is 7.30. The fourth-order valence-corrected chi connectivity index (χ4v) is 5.30. The number of benzene rings is 4.